The normalized spacial score (nSPS) is 13.0. The van der Waals surface area contributed by atoms with Crippen molar-refractivity contribution >= 4 is 11.7 Å². The van der Waals surface area contributed by atoms with Crippen LogP contribution in [-0.2, 0) is 6.54 Å². The molecule has 0 bridgehead atoms. The molecule has 1 atom stereocenters. The molecule has 2 rings (SSSR count). The first-order valence-electron chi connectivity index (χ1n) is 4.37. The fourth-order valence-electron chi connectivity index (χ4n) is 1.33. The molecule has 0 spiro atoms. The summed E-state index contributed by atoms with van der Waals surface area (Å²) in [5.41, 5.74) is 7.79. The van der Waals surface area contributed by atoms with Crippen molar-refractivity contribution in [2.24, 2.45) is 5.73 Å². The van der Waals surface area contributed by atoms with Gasteiger partial charge in [0.15, 0.2) is 0 Å². The van der Waals surface area contributed by atoms with Crippen molar-refractivity contribution < 1.29 is 0 Å². The molecule has 0 amide bonds. The van der Waals surface area contributed by atoms with E-state index in [1.807, 2.05) is 17.7 Å². The summed E-state index contributed by atoms with van der Waals surface area (Å²) in [6.07, 6.45) is 3.45. The van der Waals surface area contributed by atoms with E-state index in [9.17, 15) is 0 Å². The molecule has 1 unspecified atom stereocenters. The number of rotatable bonds is 3. The number of hydrogen-bond acceptors (Lipinski definition) is 5. The van der Waals surface area contributed by atoms with Crippen LogP contribution in [0.15, 0.2) is 18.5 Å². The molecule has 0 aliphatic heterocycles. The summed E-state index contributed by atoms with van der Waals surface area (Å²) in [4.78, 5) is 0. The molecule has 5 nitrogen and oxygen atoms in total. The van der Waals surface area contributed by atoms with Gasteiger partial charge in [-0.2, -0.15) is 13.8 Å². The third-order valence-corrected chi connectivity index (χ3v) is 2.56. The van der Waals surface area contributed by atoms with Gasteiger partial charge in [-0.3, -0.25) is 4.68 Å². The summed E-state index contributed by atoms with van der Waals surface area (Å²) in [7, 11) is 0. The maximum Gasteiger partial charge on any atom is 0.0971 e. The van der Waals surface area contributed by atoms with Crippen LogP contribution in [0.1, 0.15) is 24.4 Å². The largest absolute Gasteiger partial charge is 0.318 e. The van der Waals surface area contributed by atoms with E-state index in [1.165, 1.54) is 11.7 Å². The van der Waals surface area contributed by atoms with Crippen molar-refractivity contribution in [3.63, 3.8) is 0 Å². The van der Waals surface area contributed by atoms with Gasteiger partial charge in [0.2, 0.25) is 0 Å². The topological polar surface area (TPSA) is 69.6 Å². The molecule has 2 aromatic heterocycles. The van der Waals surface area contributed by atoms with Crippen LogP contribution >= 0.6 is 11.7 Å². The highest BCUT2D eigenvalue weighted by molar-refractivity contribution is 6.99. The van der Waals surface area contributed by atoms with E-state index < -0.39 is 0 Å². The minimum Gasteiger partial charge on any atom is -0.318 e. The van der Waals surface area contributed by atoms with Gasteiger partial charge in [-0.15, -0.1) is 0 Å². The molecule has 74 valence electrons. The summed E-state index contributed by atoms with van der Waals surface area (Å²) in [5.74, 6) is 0. The lowest BCUT2D eigenvalue weighted by molar-refractivity contribution is 0.597. The smallest absolute Gasteiger partial charge is 0.0971 e. The molecule has 14 heavy (non-hydrogen) atoms. The second-order valence-corrected chi connectivity index (χ2v) is 3.44. The summed E-state index contributed by atoms with van der Waals surface area (Å²) < 4.78 is 9.91. The van der Waals surface area contributed by atoms with E-state index in [1.54, 1.807) is 12.4 Å². The summed E-state index contributed by atoms with van der Waals surface area (Å²) in [6, 6.07) is 1.68. The van der Waals surface area contributed by atoms with E-state index in [0.717, 1.165) is 17.9 Å². The molecular formula is C8H11N5S. The molecule has 0 aromatic carbocycles. The highest BCUT2D eigenvalue weighted by atomic mass is 32.1. The fraction of sp³-hybridized carbons (Fsp3) is 0.375. The van der Waals surface area contributed by atoms with Crippen molar-refractivity contribution in [2.45, 2.75) is 19.5 Å². The molecule has 0 saturated heterocycles. The standard InChI is InChI=1S/C8H11N5S/c1-2-13-7(3-4-10-13)8(9)6-5-11-14-12-6/h3-5,8H,2,9H2,1H3. The van der Waals surface area contributed by atoms with Crippen molar-refractivity contribution in [1.82, 2.24) is 18.5 Å². The van der Waals surface area contributed by atoms with Gasteiger partial charge in [0, 0.05) is 12.7 Å². The quantitative estimate of drug-likeness (QED) is 0.811. The molecule has 0 radical (unpaired) electrons. The predicted octanol–water partition coefficient (Wildman–Crippen LogP) is 0.803. The van der Waals surface area contributed by atoms with Crippen LogP contribution in [0.25, 0.3) is 0 Å². The SMILES string of the molecule is CCn1nccc1C(N)c1cnsn1. The Bertz CT molecular complexity index is 394. The predicted molar refractivity (Wildman–Crippen MR) is 53.8 cm³/mol. The van der Waals surface area contributed by atoms with Crippen molar-refractivity contribution in [2.75, 3.05) is 0 Å². The van der Waals surface area contributed by atoms with Gasteiger partial charge >= 0.3 is 0 Å². The molecule has 2 heterocycles. The Labute approximate surface area is 85.9 Å². The van der Waals surface area contributed by atoms with Crippen molar-refractivity contribution in [3.05, 3.63) is 29.8 Å². The van der Waals surface area contributed by atoms with Gasteiger partial charge in [-0.1, -0.05) is 0 Å². The average molecular weight is 209 g/mol. The Kier molecular flexibility index (Phi) is 2.55. The van der Waals surface area contributed by atoms with Crippen LogP contribution in [0, 0.1) is 0 Å². The van der Waals surface area contributed by atoms with Crippen LogP contribution in [0.3, 0.4) is 0 Å². The molecule has 2 aromatic rings. The van der Waals surface area contributed by atoms with E-state index in [2.05, 4.69) is 13.8 Å². The molecule has 0 aliphatic rings. The Morgan fingerprint density at radius 2 is 2.50 bits per heavy atom. The highest BCUT2D eigenvalue weighted by Crippen LogP contribution is 2.17. The number of aryl methyl sites for hydroxylation is 1. The lowest BCUT2D eigenvalue weighted by Gasteiger charge is -2.09. The second kappa shape index (κ2) is 3.85. The monoisotopic (exact) mass is 209 g/mol. The first-order chi connectivity index (χ1) is 6.83. The van der Waals surface area contributed by atoms with E-state index >= 15 is 0 Å². The van der Waals surface area contributed by atoms with Crippen LogP contribution in [0.5, 0.6) is 0 Å². The van der Waals surface area contributed by atoms with E-state index in [4.69, 9.17) is 5.73 Å². The van der Waals surface area contributed by atoms with Gasteiger partial charge in [-0.25, -0.2) is 0 Å². The van der Waals surface area contributed by atoms with Crippen LogP contribution in [0.2, 0.25) is 0 Å². The second-order valence-electron chi connectivity index (χ2n) is 2.88. The zero-order valence-corrected chi connectivity index (χ0v) is 8.61. The van der Waals surface area contributed by atoms with Crippen molar-refractivity contribution in [3.8, 4) is 0 Å². The molecule has 0 aliphatic carbocycles. The Morgan fingerprint density at radius 1 is 1.64 bits per heavy atom. The van der Waals surface area contributed by atoms with Gasteiger partial charge < -0.3 is 5.73 Å². The minimum atomic E-state index is -0.226. The first-order valence-corrected chi connectivity index (χ1v) is 5.10. The molecular weight excluding hydrogens is 198 g/mol. The molecule has 0 fully saturated rings. The Balaban J connectivity index is 2.31. The number of aromatic nitrogens is 4. The summed E-state index contributed by atoms with van der Waals surface area (Å²) in [6.45, 7) is 2.84. The summed E-state index contributed by atoms with van der Waals surface area (Å²) >= 11 is 1.17. The number of nitrogens with zero attached hydrogens (tertiary/aromatic N) is 4. The van der Waals surface area contributed by atoms with Crippen LogP contribution < -0.4 is 5.73 Å². The van der Waals surface area contributed by atoms with Gasteiger partial charge in [0.05, 0.1) is 35.4 Å². The Morgan fingerprint density at radius 3 is 3.14 bits per heavy atom. The van der Waals surface area contributed by atoms with Gasteiger partial charge in [0.1, 0.15) is 0 Å². The number of nitrogens with two attached hydrogens (primary N) is 1. The van der Waals surface area contributed by atoms with Crippen LogP contribution in [-0.4, -0.2) is 18.5 Å². The van der Waals surface area contributed by atoms with E-state index in [-0.39, 0.29) is 6.04 Å². The maximum atomic E-state index is 6.02. The number of hydrogen-bond donors (Lipinski definition) is 1. The molecule has 6 heteroatoms. The zero-order chi connectivity index (χ0) is 9.97. The van der Waals surface area contributed by atoms with E-state index in [0.29, 0.717) is 0 Å². The maximum absolute atomic E-state index is 6.02. The van der Waals surface area contributed by atoms with Gasteiger partial charge in [0.25, 0.3) is 0 Å². The summed E-state index contributed by atoms with van der Waals surface area (Å²) in [5, 5.41) is 4.16. The first kappa shape index (κ1) is 9.29. The fourth-order valence-corrected chi connectivity index (χ4v) is 1.79. The molecule has 0 saturated carbocycles. The van der Waals surface area contributed by atoms with Crippen LogP contribution in [0.4, 0.5) is 0 Å². The third kappa shape index (κ3) is 1.53. The Hall–Kier alpha value is -1.27. The highest BCUT2D eigenvalue weighted by Gasteiger charge is 2.15. The minimum absolute atomic E-state index is 0.226. The lowest BCUT2D eigenvalue weighted by Crippen LogP contribution is -2.17. The zero-order valence-electron chi connectivity index (χ0n) is 7.79. The third-order valence-electron chi connectivity index (χ3n) is 2.06. The van der Waals surface area contributed by atoms with Gasteiger partial charge in [-0.05, 0) is 13.0 Å². The van der Waals surface area contributed by atoms with Crippen molar-refractivity contribution in [1.29, 1.82) is 0 Å². The average Bonchev–Trinajstić information content (AvgIpc) is 2.87. The lowest BCUT2D eigenvalue weighted by atomic mass is 10.1. The molecule has 2 N–H and O–H groups in total.